The van der Waals surface area contributed by atoms with Gasteiger partial charge in [0.25, 0.3) is 0 Å². The molecule has 2 aromatic carbocycles. The third-order valence-electron chi connectivity index (χ3n) is 5.92. The number of imidazole rings is 1. The van der Waals surface area contributed by atoms with Gasteiger partial charge in [-0.3, -0.25) is 10.4 Å². The molecular formula is C26H22N6O. The molecule has 7 nitrogen and oxygen atoms in total. The summed E-state index contributed by atoms with van der Waals surface area (Å²) >= 11 is 0. The Morgan fingerprint density at radius 2 is 1.73 bits per heavy atom. The molecule has 5 aromatic rings. The van der Waals surface area contributed by atoms with Crippen molar-refractivity contribution in [1.82, 2.24) is 14.7 Å². The number of hydrogen-bond donors (Lipinski definition) is 3. The number of pyridine rings is 1. The van der Waals surface area contributed by atoms with E-state index in [0.717, 1.165) is 69.9 Å². The first-order valence-corrected chi connectivity index (χ1v) is 10.9. The fourth-order valence-corrected chi connectivity index (χ4v) is 4.17. The predicted molar refractivity (Wildman–Crippen MR) is 131 cm³/mol. The normalized spacial score (nSPS) is 13.8. The molecule has 0 aliphatic carbocycles. The summed E-state index contributed by atoms with van der Waals surface area (Å²) < 4.78 is 7.75. The highest BCUT2D eigenvalue weighted by atomic mass is 16.3. The molecule has 162 valence electrons. The quantitative estimate of drug-likeness (QED) is 0.287. The first-order valence-electron chi connectivity index (χ1n) is 10.9. The highest BCUT2D eigenvalue weighted by molar-refractivity contribution is 5.99. The minimum Gasteiger partial charge on any atom is -0.453 e. The van der Waals surface area contributed by atoms with Crippen molar-refractivity contribution in [3.63, 3.8) is 0 Å². The third kappa shape index (κ3) is 3.53. The van der Waals surface area contributed by atoms with Crippen molar-refractivity contribution >= 4 is 28.3 Å². The number of benzene rings is 2. The largest absolute Gasteiger partial charge is 0.453 e. The van der Waals surface area contributed by atoms with Crippen LogP contribution in [-0.2, 0) is 0 Å². The molecule has 4 N–H and O–H groups in total. The Labute approximate surface area is 190 Å². The van der Waals surface area contributed by atoms with Crippen LogP contribution in [0, 0.1) is 5.41 Å². The Morgan fingerprint density at radius 1 is 0.939 bits per heavy atom. The van der Waals surface area contributed by atoms with Gasteiger partial charge in [0, 0.05) is 42.0 Å². The van der Waals surface area contributed by atoms with Gasteiger partial charge in [0.2, 0.25) is 0 Å². The summed E-state index contributed by atoms with van der Waals surface area (Å²) in [6.07, 6.45) is 5.20. The fraction of sp³-hybridized carbons (Fsp3) is 0.115. The van der Waals surface area contributed by atoms with E-state index in [1.54, 1.807) is 6.07 Å². The Bertz CT molecular complexity index is 1540. The van der Waals surface area contributed by atoms with Crippen LogP contribution in [0.3, 0.4) is 0 Å². The van der Waals surface area contributed by atoms with Crippen LogP contribution in [0.15, 0.2) is 82.5 Å². The molecule has 0 unspecified atom stereocenters. The van der Waals surface area contributed by atoms with Crippen molar-refractivity contribution < 1.29 is 4.42 Å². The minimum absolute atomic E-state index is 0.0697. The van der Waals surface area contributed by atoms with E-state index in [0.29, 0.717) is 5.76 Å². The molecule has 0 spiro atoms. The summed E-state index contributed by atoms with van der Waals surface area (Å²) in [6.45, 7) is 1.83. The van der Waals surface area contributed by atoms with Crippen LogP contribution in [0.25, 0.3) is 39.0 Å². The molecule has 0 radical (unpaired) electrons. The number of nitrogens with one attached hydrogen (secondary N) is 2. The number of aliphatic imine (C=N–C) groups is 1. The smallest absolute Gasteiger partial charge is 0.169 e. The number of nitrogens with two attached hydrogens (primary N) is 1. The van der Waals surface area contributed by atoms with Crippen LogP contribution in [0.2, 0.25) is 0 Å². The summed E-state index contributed by atoms with van der Waals surface area (Å²) in [5.41, 5.74) is 12.3. The van der Waals surface area contributed by atoms with Crippen molar-refractivity contribution in [3.8, 4) is 22.4 Å². The number of aromatic nitrogens is 2. The third-order valence-corrected chi connectivity index (χ3v) is 5.92. The van der Waals surface area contributed by atoms with Crippen molar-refractivity contribution in [3.05, 3.63) is 84.4 Å². The van der Waals surface area contributed by atoms with Crippen molar-refractivity contribution in [2.75, 3.05) is 13.1 Å². The van der Waals surface area contributed by atoms with E-state index in [1.165, 1.54) is 0 Å². The minimum atomic E-state index is -0.0697. The number of furan rings is 1. The second kappa shape index (κ2) is 7.63. The molecule has 3 aromatic heterocycles. The maximum absolute atomic E-state index is 7.56. The Morgan fingerprint density at radius 3 is 2.52 bits per heavy atom. The molecule has 6 rings (SSSR count). The van der Waals surface area contributed by atoms with Gasteiger partial charge in [0.1, 0.15) is 17.1 Å². The van der Waals surface area contributed by atoms with Gasteiger partial charge in [0.15, 0.2) is 11.6 Å². The van der Waals surface area contributed by atoms with Crippen LogP contribution >= 0.6 is 0 Å². The zero-order valence-electron chi connectivity index (χ0n) is 17.9. The maximum Gasteiger partial charge on any atom is 0.169 e. The maximum atomic E-state index is 7.56. The summed E-state index contributed by atoms with van der Waals surface area (Å²) in [4.78, 5) is 9.37. The topological polar surface area (TPSA) is 105 Å². The molecular weight excluding hydrogens is 412 g/mol. The average molecular weight is 435 g/mol. The van der Waals surface area contributed by atoms with Gasteiger partial charge in [0.05, 0.1) is 5.69 Å². The van der Waals surface area contributed by atoms with Gasteiger partial charge < -0.3 is 19.9 Å². The van der Waals surface area contributed by atoms with Crippen LogP contribution < -0.4 is 11.1 Å². The number of fused-ring (bicyclic) bond motifs is 2. The molecule has 0 bridgehead atoms. The monoisotopic (exact) mass is 434 g/mol. The summed E-state index contributed by atoms with van der Waals surface area (Å²) in [5, 5.41) is 11.9. The van der Waals surface area contributed by atoms with Gasteiger partial charge in [-0.2, -0.15) is 0 Å². The number of nitrogen functional groups attached to an aromatic ring is 1. The van der Waals surface area contributed by atoms with Crippen LogP contribution in [0.4, 0.5) is 0 Å². The molecule has 0 amide bonds. The molecule has 33 heavy (non-hydrogen) atoms. The van der Waals surface area contributed by atoms with Crippen LogP contribution in [0.1, 0.15) is 17.7 Å². The van der Waals surface area contributed by atoms with E-state index in [9.17, 15) is 0 Å². The van der Waals surface area contributed by atoms with E-state index < -0.39 is 0 Å². The summed E-state index contributed by atoms with van der Waals surface area (Å²) in [7, 11) is 0. The SMILES string of the molecule is N=C(N)c1cc2ccc(-c3ccc(-c4cn5cc(C6=NCCCN6)ccc5n4)cc3)cc2o1. The highest BCUT2D eigenvalue weighted by Gasteiger charge is 2.11. The van der Waals surface area contributed by atoms with Gasteiger partial charge in [-0.1, -0.05) is 36.4 Å². The molecule has 7 heteroatoms. The van der Waals surface area contributed by atoms with E-state index >= 15 is 0 Å². The first-order chi connectivity index (χ1) is 16.1. The van der Waals surface area contributed by atoms with Crippen LogP contribution in [-0.4, -0.2) is 34.1 Å². The van der Waals surface area contributed by atoms with Gasteiger partial charge in [-0.25, -0.2) is 4.98 Å². The average Bonchev–Trinajstić information content (AvgIpc) is 3.48. The van der Waals surface area contributed by atoms with Gasteiger partial charge >= 0.3 is 0 Å². The highest BCUT2D eigenvalue weighted by Crippen LogP contribution is 2.29. The number of nitrogens with zero attached hydrogens (tertiary/aromatic N) is 3. The lowest BCUT2D eigenvalue weighted by Crippen LogP contribution is -2.30. The fourth-order valence-electron chi connectivity index (χ4n) is 4.17. The Kier molecular flexibility index (Phi) is 4.47. The molecule has 0 fully saturated rings. The molecule has 0 saturated heterocycles. The Balaban J connectivity index is 1.30. The van der Waals surface area contributed by atoms with E-state index in [4.69, 9.17) is 20.5 Å². The zero-order chi connectivity index (χ0) is 22.4. The van der Waals surface area contributed by atoms with E-state index in [-0.39, 0.29) is 5.84 Å². The first kappa shape index (κ1) is 19.3. The predicted octanol–water partition coefficient (Wildman–Crippen LogP) is 4.44. The lowest BCUT2D eigenvalue weighted by molar-refractivity contribution is 0.603. The van der Waals surface area contributed by atoms with Gasteiger partial charge in [-0.15, -0.1) is 0 Å². The second-order valence-electron chi connectivity index (χ2n) is 8.17. The van der Waals surface area contributed by atoms with E-state index in [1.807, 2.05) is 24.3 Å². The number of hydrogen-bond acceptors (Lipinski definition) is 5. The van der Waals surface area contributed by atoms with Crippen molar-refractivity contribution in [2.45, 2.75) is 6.42 Å². The standard InChI is InChI=1S/C26H22N6O/c27-25(28)23-13-19-7-6-18(12-22(19)33-23)16-2-4-17(5-3-16)21-15-32-14-20(8-9-24(32)31-21)26-29-10-1-11-30-26/h2-9,12-15H,1,10-11H2,(H3,27,28)(H,29,30). The van der Waals surface area contributed by atoms with Gasteiger partial charge in [-0.05, 0) is 41.8 Å². The molecule has 0 atom stereocenters. The zero-order valence-corrected chi connectivity index (χ0v) is 17.9. The molecule has 1 aliphatic heterocycles. The molecule has 4 heterocycles. The molecule has 1 aliphatic rings. The lowest BCUT2D eigenvalue weighted by atomic mass is 10.0. The lowest BCUT2D eigenvalue weighted by Gasteiger charge is -2.14. The van der Waals surface area contributed by atoms with Crippen molar-refractivity contribution in [1.29, 1.82) is 5.41 Å². The van der Waals surface area contributed by atoms with E-state index in [2.05, 4.69) is 57.4 Å². The summed E-state index contributed by atoms with van der Waals surface area (Å²) in [5.74, 6) is 1.27. The molecule has 0 saturated carbocycles. The number of amidine groups is 2. The summed E-state index contributed by atoms with van der Waals surface area (Å²) in [6, 6.07) is 20.2. The van der Waals surface area contributed by atoms with Crippen molar-refractivity contribution in [2.24, 2.45) is 10.7 Å². The van der Waals surface area contributed by atoms with Crippen LogP contribution in [0.5, 0.6) is 0 Å². The number of rotatable bonds is 4. The second-order valence-corrected chi connectivity index (χ2v) is 8.17. The Hall–Kier alpha value is -4.39.